The van der Waals surface area contributed by atoms with Gasteiger partial charge in [-0.2, -0.15) is 0 Å². The third-order valence-corrected chi connectivity index (χ3v) is 2.44. The minimum absolute atomic E-state index is 0.528. The van der Waals surface area contributed by atoms with E-state index in [0.29, 0.717) is 6.54 Å². The lowest BCUT2D eigenvalue weighted by Crippen LogP contribution is -2.03. The second kappa shape index (κ2) is 4.28. The SMILES string of the molecule is CCNc1ncc(CN)c2ccccc12. The molecule has 0 fully saturated rings. The number of aromatic nitrogens is 1. The van der Waals surface area contributed by atoms with Crippen molar-refractivity contribution in [2.24, 2.45) is 5.73 Å². The molecule has 3 N–H and O–H groups in total. The zero-order valence-electron chi connectivity index (χ0n) is 8.83. The first-order valence-corrected chi connectivity index (χ1v) is 5.17. The van der Waals surface area contributed by atoms with Gasteiger partial charge in [0.05, 0.1) is 0 Å². The van der Waals surface area contributed by atoms with Crippen LogP contribution in [0.3, 0.4) is 0 Å². The maximum Gasteiger partial charge on any atom is 0.133 e. The molecule has 0 aliphatic heterocycles. The fourth-order valence-corrected chi connectivity index (χ4v) is 1.72. The minimum Gasteiger partial charge on any atom is -0.370 e. The van der Waals surface area contributed by atoms with Gasteiger partial charge in [-0.3, -0.25) is 0 Å². The summed E-state index contributed by atoms with van der Waals surface area (Å²) in [4.78, 5) is 4.38. The average molecular weight is 201 g/mol. The fourth-order valence-electron chi connectivity index (χ4n) is 1.72. The summed E-state index contributed by atoms with van der Waals surface area (Å²) >= 11 is 0. The van der Waals surface area contributed by atoms with Crippen molar-refractivity contribution in [2.75, 3.05) is 11.9 Å². The van der Waals surface area contributed by atoms with E-state index in [1.807, 2.05) is 18.3 Å². The molecule has 0 aliphatic rings. The van der Waals surface area contributed by atoms with Crippen molar-refractivity contribution in [3.05, 3.63) is 36.0 Å². The van der Waals surface area contributed by atoms with Crippen LogP contribution >= 0.6 is 0 Å². The molecule has 0 unspecified atom stereocenters. The number of hydrogen-bond donors (Lipinski definition) is 2. The van der Waals surface area contributed by atoms with Crippen LogP contribution in [0.2, 0.25) is 0 Å². The van der Waals surface area contributed by atoms with E-state index in [1.54, 1.807) is 0 Å². The summed E-state index contributed by atoms with van der Waals surface area (Å²) in [5.74, 6) is 0.935. The Morgan fingerprint density at radius 1 is 1.27 bits per heavy atom. The van der Waals surface area contributed by atoms with Gasteiger partial charge in [-0.15, -0.1) is 0 Å². The molecule has 0 radical (unpaired) electrons. The van der Waals surface area contributed by atoms with Crippen LogP contribution in [0.5, 0.6) is 0 Å². The normalized spacial score (nSPS) is 10.5. The molecular weight excluding hydrogens is 186 g/mol. The standard InChI is InChI=1S/C12H15N3/c1-2-14-12-11-6-4-3-5-10(11)9(7-13)8-15-12/h3-6,8H,2,7,13H2,1H3,(H,14,15). The zero-order valence-corrected chi connectivity index (χ0v) is 8.83. The number of pyridine rings is 1. The molecule has 2 rings (SSSR count). The lowest BCUT2D eigenvalue weighted by molar-refractivity contribution is 1.06. The highest BCUT2D eigenvalue weighted by molar-refractivity contribution is 5.93. The summed E-state index contributed by atoms with van der Waals surface area (Å²) in [6.45, 7) is 3.46. The number of anilines is 1. The van der Waals surface area contributed by atoms with Crippen LogP contribution in [-0.2, 0) is 6.54 Å². The number of hydrogen-bond acceptors (Lipinski definition) is 3. The van der Waals surface area contributed by atoms with E-state index < -0.39 is 0 Å². The van der Waals surface area contributed by atoms with Gasteiger partial charge in [0, 0.05) is 24.7 Å². The van der Waals surface area contributed by atoms with Gasteiger partial charge in [-0.05, 0) is 17.9 Å². The molecule has 1 aromatic carbocycles. The smallest absolute Gasteiger partial charge is 0.133 e. The first-order valence-electron chi connectivity index (χ1n) is 5.17. The number of benzene rings is 1. The summed E-state index contributed by atoms with van der Waals surface area (Å²) in [5, 5.41) is 5.58. The van der Waals surface area contributed by atoms with E-state index >= 15 is 0 Å². The van der Waals surface area contributed by atoms with Gasteiger partial charge >= 0.3 is 0 Å². The number of nitrogens with zero attached hydrogens (tertiary/aromatic N) is 1. The minimum atomic E-state index is 0.528. The largest absolute Gasteiger partial charge is 0.370 e. The molecule has 0 saturated heterocycles. The van der Waals surface area contributed by atoms with E-state index in [1.165, 1.54) is 5.39 Å². The lowest BCUT2D eigenvalue weighted by atomic mass is 10.1. The maximum atomic E-state index is 5.68. The van der Waals surface area contributed by atoms with Gasteiger partial charge in [0.15, 0.2) is 0 Å². The van der Waals surface area contributed by atoms with E-state index in [-0.39, 0.29) is 0 Å². The van der Waals surface area contributed by atoms with E-state index in [4.69, 9.17) is 5.73 Å². The summed E-state index contributed by atoms with van der Waals surface area (Å²) in [6, 6.07) is 8.20. The predicted molar refractivity (Wildman–Crippen MR) is 63.8 cm³/mol. The quantitative estimate of drug-likeness (QED) is 0.799. The van der Waals surface area contributed by atoms with Crippen LogP contribution in [-0.4, -0.2) is 11.5 Å². The van der Waals surface area contributed by atoms with Gasteiger partial charge in [0.1, 0.15) is 5.82 Å². The van der Waals surface area contributed by atoms with Crippen LogP contribution in [0, 0.1) is 0 Å². The first kappa shape index (κ1) is 9.93. The number of fused-ring (bicyclic) bond motifs is 1. The molecular formula is C12H15N3. The van der Waals surface area contributed by atoms with Crippen LogP contribution in [0.4, 0.5) is 5.82 Å². The van der Waals surface area contributed by atoms with E-state index in [9.17, 15) is 0 Å². The second-order valence-electron chi connectivity index (χ2n) is 3.41. The van der Waals surface area contributed by atoms with Crippen molar-refractivity contribution in [3.63, 3.8) is 0 Å². The van der Waals surface area contributed by atoms with Gasteiger partial charge in [-0.1, -0.05) is 24.3 Å². The Kier molecular flexibility index (Phi) is 2.83. The molecule has 3 heteroatoms. The molecule has 0 bridgehead atoms. The summed E-state index contributed by atoms with van der Waals surface area (Å²) in [6.07, 6.45) is 1.85. The Labute approximate surface area is 89.3 Å². The molecule has 0 aliphatic carbocycles. The van der Waals surface area contributed by atoms with Crippen LogP contribution < -0.4 is 11.1 Å². The van der Waals surface area contributed by atoms with Crippen LogP contribution in [0.25, 0.3) is 10.8 Å². The molecule has 1 aromatic heterocycles. The van der Waals surface area contributed by atoms with E-state index in [0.717, 1.165) is 23.3 Å². The number of nitrogens with two attached hydrogens (primary N) is 1. The average Bonchev–Trinajstić information content (AvgIpc) is 2.30. The highest BCUT2D eigenvalue weighted by Crippen LogP contribution is 2.23. The molecule has 0 atom stereocenters. The third kappa shape index (κ3) is 1.78. The van der Waals surface area contributed by atoms with Crippen molar-refractivity contribution in [1.29, 1.82) is 0 Å². The van der Waals surface area contributed by atoms with Gasteiger partial charge < -0.3 is 11.1 Å². The Morgan fingerprint density at radius 3 is 2.67 bits per heavy atom. The van der Waals surface area contributed by atoms with E-state index in [2.05, 4.69) is 29.4 Å². The Hall–Kier alpha value is -1.61. The van der Waals surface area contributed by atoms with Crippen molar-refractivity contribution >= 4 is 16.6 Å². The first-order chi connectivity index (χ1) is 7.36. The topological polar surface area (TPSA) is 50.9 Å². The van der Waals surface area contributed by atoms with Crippen LogP contribution in [0.15, 0.2) is 30.5 Å². The van der Waals surface area contributed by atoms with Gasteiger partial charge in [-0.25, -0.2) is 4.98 Å². The fraction of sp³-hybridized carbons (Fsp3) is 0.250. The Balaban J connectivity index is 2.66. The maximum absolute atomic E-state index is 5.68. The van der Waals surface area contributed by atoms with Crippen molar-refractivity contribution < 1.29 is 0 Å². The molecule has 78 valence electrons. The summed E-state index contributed by atoms with van der Waals surface area (Å²) in [7, 11) is 0. The molecule has 1 heterocycles. The molecule has 2 aromatic rings. The monoisotopic (exact) mass is 201 g/mol. The summed E-state index contributed by atoms with van der Waals surface area (Å²) < 4.78 is 0. The number of nitrogens with one attached hydrogen (secondary N) is 1. The van der Waals surface area contributed by atoms with Crippen molar-refractivity contribution in [1.82, 2.24) is 4.98 Å². The molecule has 0 amide bonds. The molecule has 15 heavy (non-hydrogen) atoms. The Bertz CT molecular complexity index is 465. The van der Waals surface area contributed by atoms with Crippen molar-refractivity contribution in [3.8, 4) is 0 Å². The van der Waals surface area contributed by atoms with Gasteiger partial charge in [0.2, 0.25) is 0 Å². The Morgan fingerprint density at radius 2 is 2.00 bits per heavy atom. The highest BCUT2D eigenvalue weighted by Gasteiger charge is 2.04. The van der Waals surface area contributed by atoms with Gasteiger partial charge in [0.25, 0.3) is 0 Å². The van der Waals surface area contributed by atoms with Crippen molar-refractivity contribution in [2.45, 2.75) is 13.5 Å². The summed E-state index contributed by atoms with van der Waals surface area (Å²) in [5.41, 5.74) is 6.77. The van der Waals surface area contributed by atoms with Crippen LogP contribution in [0.1, 0.15) is 12.5 Å². The second-order valence-corrected chi connectivity index (χ2v) is 3.41. The zero-order chi connectivity index (χ0) is 10.7. The predicted octanol–water partition coefficient (Wildman–Crippen LogP) is 2.13. The highest BCUT2D eigenvalue weighted by atomic mass is 15.0. The molecule has 3 nitrogen and oxygen atoms in total. The third-order valence-electron chi connectivity index (χ3n) is 2.44. The number of rotatable bonds is 3. The molecule has 0 saturated carbocycles. The lowest BCUT2D eigenvalue weighted by Gasteiger charge is -2.09. The molecule has 0 spiro atoms.